The smallest absolute Gasteiger partial charge is 0.134 e. The second kappa shape index (κ2) is 7.25. The van der Waals surface area contributed by atoms with Crippen LogP contribution in [0, 0.1) is 23.7 Å². The van der Waals surface area contributed by atoms with E-state index in [-0.39, 0.29) is 11.8 Å². The van der Waals surface area contributed by atoms with Gasteiger partial charge in [-0.15, -0.1) is 0 Å². The van der Waals surface area contributed by atoms with Crippen molar-refractivity contribution in [3.05, 3.63) is 12.2 Å². The predicted molar refractivity (Wildman–Crippen MR) is 74.1 cm³/mol. The Labute approximate surface area is 111 Å². The van der Waals surface area contributed by atoms with Crippen LogP contribution in [0.5, 0.6) is 0 Å². The van der Waals surface area contributed by atoms with Crippen molar-refractivity contribution in [3.8, 4) is 0 Å². The molecule has 0 radical (unpaired) electrons. The molecule has 18 heavy (non-hydrogen) atoms. The van der Waals surface area contributed by atoms with E-state index in [1.807, 2.05) is 13.8 Å². The molecule has 0 nitrogen and oxygen atoms in total. The minimum absolute atomic E-state index is 0.144. The van der Waals surface area contributed by atoms with Crippen LogP contribution in [-0.4, -0.2) is 12.3 Å². The van der Waals surface area contributed by atoms with Crippen molar-refractivity contribution >= 4 is 0 Å². The van der Waals surface area contributed by atoms with Gasteiger partial charge in [-0.25, -0.2) is 8.78 Å². The molecule has 1 aliphatic carbocycles. The van der Waals surface area contributed by atoms with Crippen molar-refractivity contribution in [2.45, 2.75) is 65.7 Å². The lowest BCUT2D eigenvalue weighted by Crippen LogP contribution is -2.34. The summed E-state index contributed by atoms with van der Waals surface area (Å²) in [7, 11) is 0. The molecule has 0 aromatic carbocycles. The maximum Gasteiger partial charge on any atom is 0.134 e. The minimum Gasteiger partial charge on any atom is -0.244 e. The molecule has 2 heteroatoms. The van der Waals surface area contributed by atoms with Crippen molar-refractivity contribution in [1.29, 1.82) is 0 Å². The minimum atomic E-state index is -1.31. The largest absolute Gasteiger partial charge is 0.244 e. The number of halogens is 2. The van der Waals surface area contributed by atoms with Crippen LogP contribution in [0.2, 0.25) is 0 Å². The molecule has 1 saturated carbocycles. The maximum atomic E-state index is 14.1. The highest BCUT2D eigenvalue weighted by molar-refractivity contribution is 4.91. The van der Waals surface area contributed by atoms with Crippen molar-refractivity contribution in [3.63, 3.8) is 0 Å². The van der Waals surface area contributed by atoms with Crippen LogP contribution in [-0.2, 0) is 0 Å². The molecule has 0 aliphatic heterocycles. The quantitative estimate of drug-likeness (QED) is 0.584. The van der Waals surface area contributed by atoms with Crippen LogP contribution in [0.1, 0.15) is 53.4 Å². The first kappa shape index (κ1) is 15.7. The lowest BCUT2D eigenvalue weighted by atomic mass is 9.73. The van der Waals surface area contributed by atoms with Gasteiger partial charge >= 0.3 is 0 Å². The number of allylic oxidation sites excluding steroid dienone is 2. The third kappa shape index (κ3) is 4.07. The van der Waals surface area contributed by atoms with Crippen LogP contribution < -0.4 is 0 Å². The first-order chi connectivity index (χ1) is 8.47. The molecule has 3 unspecified atom stereocenters. The fourth-order valence-corrected chi connectivity index (χ4v) is 3.05. The van der Waals surface area contributed by atoms with Crippen molar-refractivity contribution in [1.82, 2.24) is 0 Å². The van der Waals surface area contributed by atoms with Gasteiger partial charge in [-0.05, 0) is 56.3 Å². The number of hydrogen-bond donors (Lipinski definition) is 0. The second-order valence-electron chi connectivity index (χ2n) is 6.19. The highest BCUT2D eigenvalue weighted by Gasteiger charge is 2.35. The number of hydrogen-bond acceptors (Lipinski definition) is 0. The van der Waals surface area contributed by atoms with E-state index in [9.17, 15) is 8.78 Å². The molecular formula is C16H28F2. The molecule has 0 aromatic rings. The van der Waals surface area contributed by atoms with Gasteiger partial charge < -0.3 is 0 Å². The molecular weight excluding hydrogens is 230 g/mol. The van der Waals surface area contributed by atoms with Crippen molar-refractivity contribution in [2.75, 3.05) is 0 Å². The van der Waals surface area contributed by atoms with Gasteiger partial charge in [-0.2, -0.15) is 0 Å². The highest BCUT2D eigenvalue weighted by atomic mass is 19.2. The van der Waals surface area contributed by atoms with Gasteiger partial charge in [0.05, 0.1) is 0 Å². The number of rotatable bonds is 5. The molecule has 1 aliphatic rings. The van der Waals surface area contributed by atoms with Crippen LogP contribution >= 0.6 is 0 Å². The maximum absolute atomic E-state index is 14.1. The average molecular weight is 258 g/mol. The molecule has 0 heterocycles. The summed E-state index contributed by atoms with van der Waals surface area (Å²) in [6, 6.07) is 0. The van der Waals surface area contributed by atoms with Gasteiger partial charge in [0.25, 0.3) is 0 Å². The molecule has 0 aromatic heterocycles. The van der Waals surface area contributed by atoms with E-state index in [1.54, 1.807) is 13.8 Å². The Morgan fingerprint density at radius 3 is 1.94 bits per heavy atom. The Hall–Kier alpha value is -0.400. The standard InChI is InChI=1S/C16H28F2/c1-5-6-13-7-9-14(10-8-13)12(4)16(18)15(17)11(2)3/h5-6,11-16H,7-10H2,1-4H3/b6-5+. The molecule has 106 valence electrons. The molecule has 0 amide bonds. The first-order valence-electron chi connectivity index (χ1n) is 7.38. The molecule has 0 bridgehead atoms. The van der Waals surface area contributed by atoms with Crippen LogP contribution in [0.3, 0.4) is 0 Å². The van der Waals surface area contributed by atoms with E-state index in [2.05, 4.69) is 12.2 Å². The molecule has 0 N–H and O–H groups in total. The van der Waals surface area contributed by atoms with E-state index < -0.39 is 12.3 Å². The van der Waals surface area contributed by atoms with E-state index in [0.717, 1.165) is 25.7 Å². The zero-order chi connectivity index (χ0) is 13.7. The van der Waals surface area contributed by atoms with E-state index in [4.69, 9.17) is 0 Å². The molecule has 3 atom stereocenters. The van der Waals surface area contributed by atoms with Gasteiger partial charge in [0.1, 0.15) is 12.3 Å². The summed E-state index contributed by atoms with van der Waals surface area (Å²) in [6.07, 6.45) is 6.09. The van der Waals surface area contributed by atoms with Crippen LogP contribution in [0.4, 0.5) is 8.78 Å². The van der Waals surface area contributed by atoms with Gasteiger partial charge in [0.2, 0.25) is 0 Å². The zero-order valence-electron chi connectivity index (χ0n) is 12.2. The van der Waals surface area contributed by atoms with Gasteiger partial charge in [0, 0.05) is 0 Å². The zero-order valence-corrected chi connectivity index (χ0v) is 12.2. The Bertz CT molecular complexity index is 252. The van der Waals surface area contributed by atoms with Crippen molar-refractivity contribution in [2.24, 2.45) is 23.7 Å². The van der Waals surface area contributed by atoms with Crippen LogP contribution in [0.25, 0.3) is 0 Å². The Balaban J connectivity index is 2.46. The van der Waals surface area contributed by atoms with E-state index in [1.165, 1.54) is 0 Å². The highest BCUT2D eigenvalue weighted by Crippen LogP contribution is 2.37. The van der Waals surface area contributed by atoms with E-state index >= 15 is 0 Å². The third-order valence-electron chi connectivity index (χ3n) is 4.47. The lowest BCUT2D eigenvalue weighted by Gasteiger charge is -2.34. The normalized spacial score (nSPS) is 30.6. The first-order valence-corrected chi connectivity index (χ1v) is 7.38. The second-order valence-corrected chi connectivity index (χ2v) is 6.19. The fourth-order valence-electron chi connectivity index (χ4n) is 3.05. The summed E-state index contributed by atoms with van der Waals surface area (Å²) < 4.78 is 27.8. The van der Waals surface area contributed by atoms with Crippen molar-refractivity contribution < 1.29 is 8.78 Å². The summed E-state index contributed by atoms with van der Waals surface area (Å²) in [5.74, 6) is 0.650. The SMILES string of the molecule is C/C=C/C1CCC(C(C)C(F)C(F)C(C)C)CC1. The topological polar surface area (TPSA) is 0 Å². The monoisotopic (exact) mass is 258 g/mol. The van der Waals surface area contributed by atoms with Crippen LogP contribution in [0.15, 0.2) is 12.2 Å². The molecule has 0 spiro atoms. The average Bonchev–Trinajstić information content (AvgIpc) is 2.37. The molecule has 0 saturated heterocycles. The third-order valence-corrected chi connectivity index (χ3v) is 4.47. The van der Waals surface area contributed by atoms with Gasteiger partial charge in [0.15, 0.2) is 0 Å². The summed E-state index contributed by atoms with van der Waals surface area (Å²) >= 11 is 0. The Morgan fingerprint density at radius 2 is 1.50 bits per heavy atom. The predicted octanol–water partition coefficient (Wildman–Crippen LogP) is 5.34. The fraction of sp³-hybridized carbons (Fsp3) is 0.875. The van der Waals surface area contributed by atoms with Gasteiger partial charge in [-0.1, -0.05) is 32.9 Å². The Morgan fingerprint density at radius 1 is 0.944 bits per heavy atom. The number of alkyl halides is 2. The lowest BCUT2D eigenvalue weighted by molar-refractivity contribution is 0.0474. The molecule has 1 rings (SSSR count). The van der Waals surface area contributed by atoms with Gasteiger partial charge in [-0.3, -0.25) is 0 Å². The summed E-state index contributed by atoms with van der Waals surface area (Å²) in [5, 5.41) is 0. The summed E-state index contributed by atoms with van der Waals surface area (Å²) in [4.78, 5) is 0. The van der Waals surface area contributed by atoms with E-state index in [0.29, 0.717) is 11.8 Å². The summed E-state index contributed by atoms with van der Waals surface area (Å²) in [6.45, 7) is 7.45. The Kier molecular flexibility index (Phi) is 6.31. The summed E-state index contributed by atoms with van der Waals surface area (Å²) in [5.41, 5.74) is 0. The molecule has 1 fully saturated rings.